The summed E-state index contributed by atoms with van der Waals surface area (Å²) in [5, 5.41) is 0. The molecule has 0 spiro atoms. The summed E-state index contributed by atoms with van der Waals surface area (Å²) >= 11 is 3.84. The molecule has 1 aliphatic carbocycles. The summed E-state index contributed by atoms with van der Waals surface area (Å²) < 4.78 is 0. The minimum absolute atomic E-state index is 0.301. The van der Waals surface area contributed by atoms with E-state index in [9.17, 15) is 9.59 Å². The molecular formula is C16H19BrN2O2. The number of aromatic amines is 2. The number of benzene rings is 1. The predicted molar refractivity (Wildman–Crippen MR) is 88.0 cm³/mol. The fourth-order valence-electron chi connectivity index (χ4n) is 3.18. The first-order chi connectivity index (χ1) is 10.1. The van der Waals surface area contributed by atoms with Gasteiger partial charge in [0.2, 0.25) is 0 Å². The van der Waals surface area contributed by atoms with E-state index in [0.717, 1.165) is 5.56 Å². The Labute approximate surface area is 131 Å². The Morgan fingerprint density at radius 1 is 0.952 bits per heavy atom. The highest BCUT2D eigenvalue weighted by Crippen LogP contribution is 2.39. The second-order valence-electron chi connectivity index (χ2n) is 5.87. The minimum Gasteiger partial charge on any atom is -0.316 e. The van der Waals surface area contributed by atoms with Crippen LogP contribution in [-0.4, -0.2) is 9.97 Å². The van der Waals surface area contributed by atoms with E-state index in [1.807, 2.05) is 18.2 Å². The molecule has 5 heteroatoms. The van der Waals surface area contributed by atoms with E-state index in [1.165, 1.54) is 38.5 Å². The zero-order valence-corrected chi connectivity index (χ0v) is 13.4. The number of halogens is 1. The summed E-state index contributed by atoms with van der Waals surface area (Å²) in [5.74, 6) is 0.638. The lowest BCUT2D eigenvalue weighted by molar-refractivity contribution is 0.455. The number of hydrogen-bond donors (Lipinski definition) is 2. The average Bonchev–Trinajstić information content (AvgIpc) is 2.76. The SMILES string of the molecule is O=c1[nH]c2ccc(C(Br)C3CCCCCC3)cc2[nH]c1=O. The first-order valence-corrected chi connectivity index (χ1v) is 8.47. The lowest BCUT2D eigenvalue weighted by Gasteiger charge is -2.21. The van der Waals surface area contributed by atoms with Crippen molar-refractivity contribution in [1.82, 2.24) is 9.97 Å². The molecule has 0 amide bonds. The number of alkyl halides is 1. The Hall–Kier alpha value is -1.36. The summed E-state index contributed by atoms with van der Waals surface area (Å²) in [5.41, 5.74) is 1.32. The molecule has 2 aromatic rings. The third-order valence-electron chi connectivity index (χ3n) is 4.38. The molecule has 4 nitrogen and oxygen atoms in total. The number of H-pyrrole nitrogens is 2. The monoisotopic (exact) mass is 350 g/mol. The van der Waals surface area contributed by atoms with Gasteiger partial charge in [0.1, 0.15) is 0 Å². The smallest absolute Gasteiger partial charge is 0.314 e. The maximum Gasteiger partial charge on any atom is 0.314 e. The molecular weight excluding hydrogens is 332 g/mol. The number of nitrogens with one attached hydrogen (secondary N) is 2. The molecule has 0 saturated heterocycles. The molecule has 21 heavy (non-hydrogen) atoms. The van der Waals surface area contributed by atoms with Crippen LogP contribution in [-0.2, 0) is 0 Å². The maximum atomic E-state index is 11.5. The molecule has 1 atom stereocenters. The van der Waals surface area contributed by atoms with Crippen LogP contribution in [0.2, 0.25) is 0 Å². The molecule has 1 saturated carbocycles. The summed E-state index contributed by atoms with van der Waals surface area (Å²) in [6.07, 6.45) is 7.76. The van der Waals surface area contributed by atoms with E-state index in [-0.39, 0.29) is 0 Å². The van der Waals surface area contributed by atoms with Crippen molar-refractivity contribution in [3.63, 3.8) is 0 Å². The Bertz CT molecular complexity index is 742. The molecule has 1 heterocycles. The van der Waals surface area contributed by atoms with Gasteiger partial charge in [-0.15, -0.1) is 0 Å². The molecule has 1 unspecified atom stereocenters. The van der Waals surface area contributed by atoms with Crippen molar-refractivity contribution >= 4 is 27.0 Å². The third kappa shape index (κ3) is 3.12. The maximum absolute atomic E-state index is 11.5. The Morgan fingerprint density at radius 2 is 1.57 bits per heavy atom. The van der Waals surface area contributed by atoms with Crippen LogP contribution in [0.1, 0.15) is 48.9 Å². The van der Waals surface area contributed by atoms with E-state index >= 15 is 0 Å². The van der Waals surface area contributed by atoms with Gasteiger partial charge in [-0.3, -0.25) is 9.59 Å². The average molecular weight is 351 g/mol. The van der Waals surface area contributed by atoms with Crippen molar-refractivity contribution in [1.29, 1.82) is 0 Å². The van der Waals surface area contributed by atoms with Crippen LogP contribution in [0.15, 0.2) is 27.8 Å². The van der Waals surface area contributed by atoms with Gasteiger partial charge in [-0.25, -0.2) is 0 Å². The Morgan fingerprint density at radius 3 is 2.24 bits per heavy atom. The van der Waals surface area contributed by atoms with Gasteiger partial charge in [0.05, 0.1) is 11.0 Å². The van der Waals surface area contributed by atoms with Crippen molar-refractivity contribution in [3.05, 3.63) is 44.5 Å². The molecule has 0 aliphatic heterocycles. The first-order valence-electron chi connectivity index (χ1n) is 7.55. The van der Waals surface area contributed by atoms with Gasteiger partial charge >= 0.3 is 11.1 Å². The normalized spacial score (nSPS) is 18.5. The minimum atomic E-state index is -0.602. The van der Waals surface area contributed by atoms with Gasteiger partial charge in [-0.05, 0) is 36.5 Å². The third-order valence-corrected chi connectivity index (χ3v) is 5.65. The highest BCUT2D eigenvalue weighted by molar-refractivity contribution is 9.09. The number of hydrogen-bond acceptors (Lipinski definition) is 2. The van der Waals surface area contributed by atoms with Crippen molar-refractivity contribution in [2.75, 3.05) is 0 Å². The molecule has 0 bridgehead atoms. The van der Waals surface area contributed by atoms with Gasteiger partial charge in [0.25, 0.3) is 0 Å². The van der Waals surface area contributed by atoms with Crippen LogP contribution < -0.4 is 11.1 Å². The van der Waals surface area contributed by atoms with E-state index < -0.39 is 11.1 Å². The van der Waals surface area contributed by atoms with E-state index in [0.29, 0.717) is 21.8 Å². The van der Waals surface area contributed by atoms with Crippen molar-refractivity contribution in [2.24, 2.45) is 5.92 Å². The lowest BCUT2D eigenvalue weighted by Crippen LogP contribution is -2.28. The second-order valence-corrected chi connectivity index (χ2v) is 6.85. The molecule has 1 aromatic heterocycles. The summed E-state index contributed by atoms with van der Waals surface area (Å²) in [6, 6.07) is 5.87. The fourth-order valence-corrected chi connectivity index (χ4v) is 3.99. The van der Waals surface area contributed by atoms with Crippen molar-refractivity contribution in [2.45, 2.75) is 43.4 Å². The summed E-state index contributed by atoms with van der Waals surface area (Å²) in [6.45, 7) is 0. The Kier molecular flexibility index (Phi) is 4.29. The number of fused-ring (bicyclic) bond motifs is 1. The van der Waals surface area contributed by atoms with Crippen LogP contribution in [0, 0.1) is 5.92 Å². The van der Waals surface area contributed by atoms with Gasteiger partial charge < -0.3 is 9.97 Å². The van der Waals surface area contributed by atoms with E-state index in [1.54, 1.807) is 0 Å². The molecule has 1 fully saturated rings. The van der Waals surface area contributed by atoms with Gasteiger partial charge in [-0.2, -0.15) is 0 Å². The molecule has 1 aliphatic rings. The first kappa shape index (κ1) is 14.6. The molecule has 112 valence electrons. The second kappa shape index (κ2) is 6.18. The van der Waals surface area contributed by atoms with E-state index in [2.05, 4.69) is 25.9 Å². The number of rotatable bonds is 2. The quantitative estimate of drug-likeness (QED) is 0.493. The van der Waals surface area contributed by atoms with Gasteiger partial charge in [0.15, 0.2) is 0 Å². The molecule has 0 radical (unpaired) electrons. The standard InChI is InChI=1S/C16H19BrN2O2/c17-14(10-5-3-1-2-4-6-10)11-7-8-12-13(9-11)19-16(21)15(20)18-12/h7-10,14H,1-6H2,(H,18,20)(H,19,21). The number of aromatic nitrogens is 2. The largest absolute Gasteiger partial charge is 0.316 e. The Balaban J connectivity index is 1.94. The molecule has 3 rings (SSSR count). The molecule has 1 aromatic carbocycles. The zero-order valence-electron chi connectivity index (χ0n) is 11.8. The zero-order chi connectivity index (χ0) is 14.8. The topological polar surface area (TPSA) is 65.7 Å². The lowest BCUT2D eigenvalue weighted by atomic mass is 9.92. The van der Waals surface area contributed by atoms with E-state index in [4.69, 9.17) is 0 Å². The van der Waals surface area contributed by atoms with Crippen molar-refractivity contribution in [3.8, 4) is 0 Å². The van der Waals surface area contributed by atoms with Crippen LogP contribution in [0.4, 0.5) is 0 Å². The van der Waals surface area contributed by atoms with Crippen LogP contribution in [0.5, 0.6) is 0 Å². The van der Waals surface area contributed by atoms with Gasteiger partial charge in [-0.1, -0.05) is 47.7 Å². The summed E-state index contributed by atoms with van der Waals surface area (Å²) in [4.78, 5) is 28.3. The highest BCUT2D eigenvalue weighted by Gasteiger charge is 2.22. The highest BCUT2D eigenvalue weighted by atomic mass is 79.9. The van der Waals surface area contributed by atoms with Gasteiger partial charge in [0, 0.05) is 4.83 Å². The van der Waals surface area contributed by atoms with Crippen molar-refractivity contribution < 1.29 is 0 Å². The van der Waals surface area contributed by atoms with Crippen LogP contribution in [0.3, 0.4) is 0 Å². The summed E-state index contributed by atoms with van der Waals surface area (Å²) in [7, 11) is 0. The predicted octanol–water partition coefficient (Wildman–Crippen LogP) is 3.62. The molecule has 2 N–H and O–H groups in total. The van der Waals surface area contributed by atoms with Crippen LogP contribution in [0.25, 0.3) is 11.0 Å². The fraction of sp³-hybridized carbons (Fsp3) is 0.500. The van der Waals surface area contributed by atoms with Crippen LogP contribution >= 0.6 is 15.9 Å².